The van der Waals surface area contributed by atoms with Crippen molar-refractivity contribution < 1.29 is 24.2 Å². The van der Waals surface area contributed by atoms with Crippen molar-refractivity contribution in [3.8, 4) is 11.1 Å². The van der Waals surface area contributed by atoms with Crippen LogP contribution in [0, 0.1) is 0 Å². The van der Waals surface area contributed by atoms with Crippen LogP contribution in [0.25, 0.3) is 11.1 Å². The summed E-state index contributed by atoms with van der Waals surface area (Å²) in [6.45, 7) is 2.86. The van der Waals surface area contributed by atoms with Gasteiger partial charge in [-0.15, -0.1) is 0 Å². The fourth-order valence-electron chi connectivity index (χ4n) is 5.22. The van der Waals surface area contributed by atoms with Crippen LogP contribution in [0.2, 0.25) is 0 Å². The normalized spacial score (nSPS) is 13.7. The van der Waals surface area contributed by atoms with Crippen molar-refractivity contribution in [2.75, 3.05) is 20.2 Å². The number of alkyl carbamates (subject to hydrolysis) is 1. The molecule has 0 saturated carbocycles. The number of fused-ring (bicyclic) bond motifs is 3. The van der Waals surface area contributed by atoms with Crippen LogP contribution in [0.4, 0.5) is 4.79 Å². The Balaban J connectivity index is 1.40. The number of ether oxygens (including phenoxy) is 1. The van der Waals surface area contributed by atoms with Gasteiger partial charge < -0.3 is 20.5 Å². The molecule has 4 rings (SSSR count). The zero-order valence-corrected chi connectivity index (χ0v) is 23.0. The van der Waals surface area contributed by atoms with E-state index in [1.54, 1.807) is 0 Å². The first kappa shape index (κ1) is 28.8. The predicted molar refractivity (Wildman–Crippen MR) is 154 cm³/mol. The number of hydrogen-bond donors (Lipinski definition) is 3. The van der Waals surface area contributed by atoms with Crippen LogP contribution in [-0.2, 0) is 20.9 Å². The number of hydrogen-bond acceptors (Lipinski definition) is 5. The summed E-state index contributed by atoms with van der Waals surface area (Å²) in [7, 11) is 1.89. The van der Waals surface area contributed by atoms with Crippen molar-refractivity contribution in [3.05, 3.63) is 95.6 Å². The third-order valence-corrected chi connectivity index (χ3v) is 7.16. The van der Waals surface area contributed by atoms with Crippen LogP contribution in [0.5, 0.6) is 0 Å². The number of nitrogens with one attached hydrogen (secondary N) is 2. The summed E-state index contributed by atoms with van der Waals surface area (Å²) in [5, 5.41) is 14.6. The molecule has 3 N–H and O–H groups in total. The first-order valence-corrected chi connectivity index (χ1v) is 13.7. The maximum absolute atomic E-state index is 13.2. The molecule has 3 aromatic carbocycles. The number of carboxylic acid groups (broad SMARTS) is 1. The third-order valence-electron chi connectivity index (χ3n) is 7.16. The standard InChI is InChI=1S/C32H37N3O5/c1-22(11-10-18-30(36)37)33-31(38)29(20-35(2)19-23-12-4-3-5-13-23)34-32(39)40-21-28-26-16-8-6-14-24(26)25-15-7-9-17-27(25)28/h3-9,12-17,22,28-29H,10-11,18-21H2,1-2H3,(H,33,38)(H,34,39)(H,36,37). The van der Waals surface area contributed by atoms with Gasteiger partial charge in [-0.3, -0.25) is 14.5 Å². The lowest BCUT2D eigenvalue weighted by Crippen LogP contribution is -2.53. The highest BCUT2D eigenvalue weighted by molar-refractivity contribution is 5.86. The van der Waals surface area contributed by atoms with Crippen LogP contribution < -0.4 is 10.6 Å². The van der Waals surface area contributed by atoms with Gasteiger partial charge in [0, 0.05) is 31.5 Å². The van der Waals surface area contributed by atoms with Gasteiger partial charge in [0.15, 0.2) is 0 Å². The predicted octanol–water partition coefficient (Wildman–Crippen LogP) is 4.79. The molecule has 8 nitrogen and oxygen atoms in total. The number of likely N-dealkylation sites (N-methyl/N-ethyl adjacent to an activating group) is 1. The number of nitrogens with zero attached hydrogens (tertiary/aromatic N) is 1. The molecular formula is C32H37N3O5. The molecule has 1 aliphatic carbocycles. The monoisotopic (exact) mass is 543 g/mol. The van der Waals surface area contributed by atoms with Crippen molar-refractivity contribution in [2.24, 2.45) is 0 Å². The van der Waals surface area contributed by atoms with E-state index in [1.165, 1.54) is 0 Å². The molecule has 1 aliphatic rings. The molecule has 0 spiro atoms. The molecule has 2 amide bonds. The number of amides is 2. The second kappa shape index (κ2) is 13.8. The van der Waals surface area contributed by atoms with Crippen LogP contribution in [0.3, 0.4) is 0 Å². The van der Waals surface area contributed by atoms with Gasteiger partial charge in [-0.2, -0.15) is 0 Å². The number of carbonyl (C=O) groups excluding carboxylic acids is 2. The Morgan fingerprint density at radius 3 is 2.12 bits per heavy atom. The first-order valence-electron chi connectivity index (χ1n) is 13.7. The number of rotatable bonds is 13. The molecule has 2 atom stereocenters. The van der Waals surface area contributed by atoms with E-state index < -0.39 is 18.1 Å². The molecule has 0 heterocycles. The Hall–Kier alpha value is -4.17. The van der Waals surface area contributed by atoms with Gasteiger partial charge in [0.05, 0.1) is 0 Å². The summed E-state index contributed by atoms with van der Waals surface area (Å²) in [6.07, 6.45) is 0.361. The highest BCUT2D eigenvalue weighted by Crippen LogP contribution is 2.44. The minimum atomic E-state index is -0.865. The van der Waals surface area contributed by atoms with Crippen molar-refractivity contribution in [2.45, 2.75) is 50.7 Å². The molecule has 2 unspecified atom stereocenters. The Labute approximate surface area is 235 Å². The second-order valence-electron chi connectivity index (χ2n) is 10.4. The molecule has 0 aromatic heterocycles. The lowest BCUT2D eigenvalue weighted by atomic mass is 9.98. The van der Waals surface area contributed by atoms with Crippen LogP contribution in [-0.4, -0.2) is 60.3 Å². The summed E-state index contributed by atoms with van der Waals surface area (Å²) in [5.74, 6) is -1.28. The van der Waals surface area contributed by atoms with E-state index in [-0.39, 0.29) is 37.4 Å². The van der Waals surface area contributed by atoms with Crippen molar-refractivity contribution in [3.63, 3.8) is 0 Å². The summed E-state index contributed by atoms with van der Waals surface area (Å²) in [5.41, 5.74) is 5.60. The van der Waals surface area contributed by atoms with Gasteiger partial charge >= 0.3 is 12.1 Å². The van der Waals surface area contributed by atoms with E-state index in [4.69, 9.17) is 9.84 Å². The number of carbonyl (C=O) groups is 3. The first-order chi connectivity index (χ1) is 19.3. The van der Waals surface area contributed by atoms with Crippen molar-refractivity contribution in [1.29, 1.82) is 0 Å². The Bertz CT molecular complexity index is 1270. The second-order valence-corrected chi connectivity index (χ2v) is 10.4. The van der Waals surface area contributed by atoms with Crippen molar-refractivity contribution >= 4 is 18.0 Å². The molecule has 40 heavy (non-hydrogen) atoms. The molecule has 0 saturated heterocycles. The SMILES string of the molecule is CC(CCCC(=O)O)NC(=O)C(CN(C)Cc1ccccc1)NC(=O)OCC1c2ccccc2-c2ccccc21. The fraction of sp³-hybridized carbons (Fsp3) is 0.344. The minimum absolute atomic E-state index is 0.0431. The summed E-state index contributed by atoms with van der Waals surface area (Å²) < 4.78 is 5.70. The average molecular weight is 544 g/mol. The Morgan fingerprint density at radius 2 is 1.50 bits per heavy atom. The molecule has 210 valence electrons. The van der Waals surface area contributed by atoms with Gasteiger partial charge in [0.2, 0.25) is 5.91 Å². The Morgan fingerprint density at radius 1 is 0.900 bits per heavy atom. The highest BCUT2D eigenvalue weighted by atomic mass is 16.5. The van der Waals surface area contributed by atoms with Gasteiger partial charge in [0.1, 0.15) is 12.6 Å². The summed E-state index contributed by atoms with van der Waals surface area (Å²) >= 11 is 0. The number of carboxylic acids is 1. The molecular weight excluding hydrogens is 506 g/mol. The number of benzene rings is 3. The smallest absolute Gasteiger partial charge is 0.407 e. The van der Waals surface area contributed by atoms with Crippen LogP contribution >= 0.6 is 0 Å². The van der Waals surface area contributed by atoms with E-state index in [2.05, 4.69) is 34.9 Å². The molecule has 0 bridgehead atoms. The van der Waals surface area contributed by atoms with Gasteiger partial charge in [-0.1, -0.05) is 78.9 Å². The van der Waals surface area contributed by atoms with E-state index in [0.29, 0.717) is 19.4 Å². The summed E-state index contributed by atoms with van der Waals surface area (Å²) in [4.78, 5) is 39.1. The van der Waals surface area contributed by atoms with E-state index in [0.717, 1.165) is 27.8 Å². The zero-order chi connectivity index (χ0) is 28.5. The van der Waals surface area contributed by atoms with Gasteiger partial charge in [0.25, 0.3) is 0 Å². The molecule has 0 radical (unpaired) electrons. The minimum Gasteiger partial charge on any atom is -0.481 e. The lowest BCUT2D eigenvalue weighted by Gasteiger charge is -2.26. The molecule has 0 aliphatic heterocycles. The largest absolute Gasteiger partial charge is 0.481 e. The lowest BCUT2D eigenvalue weighted by molar-refractivity contribution is -0.137. The third kappa shape index (κ3) is 7.70. The fourth-order valence-corrected chi connectivity index (χ4v) is 5.22. The average Bonchev–Trinajstić information content (AvgIpc) is 3.25. The zero-order valence-electron chi connectivity index (χ0n) is 23.0. The van der Waals surface area contributed by atoms with Crippen molar-refractivity contribution in [1.82, 2.24) is 15.5 Å². The van der Waals surface area contributed by atoms with Gasteiger partial charge in [-0.05, 0) is 54.6 Å². The molecule has 3 aromatic rings. The van der Waals surface area contributed by atoms with Gasteiger partial charge in [-0.25, -0.2) is 4.79 Å². The number of aliphatic carboxylic acids is 1. The molecule has 8 heteroatoms. The van der Waals surface area contributed by atoms with Crippen LogP contribution in [0.1, 0.15) is 48.8 Å². The topological polar surface area (TPSA) is 108 Å². The Kier molecular flexibility index (Phi) is 9.91. The molecule has 0 fully saturated rings. The van der Waals surface area contributed by atoms with E-state index >= 15 is 0 Å². The highest BCUT2D eigenvalue weighted by Gasteiger charge is 2.30. The quantitative estimate of drug-likeness (QED) is 0.286. The van der Waals surface area contributed by atoms with Crippen LogP contribution in [0.15, 0.2) is 78.9 Å². The summed E-state index contributed by atoms with van der Waals surface area (Å²) in [6, 6.07) is 25.0. The maximum atomic E-state index is 13.2. The van der Waals surface area contributed by atoms with E-state index in [9.17, 15) is 14.4 Å². The van der Waals surface area contributed by atoms with E-state index in [1.807, 2.05) is 73.5 Å². The maximum Gasteiger partial charge on any atom is 0.407 e.